The average molecular weight is 351 g/mol. The first-order valence-corrected chi connectivity index (χ1v) is 7.94. The van der Waals surface area contributed by atoms with Crippen LogP contribution < -0.4 is 5.32 Å². The first-order valence-electron chi connectivity index (χ1n) is 7.94. The number of H-pyrrole nitrogens is 1. The second kappa shape index (κ2) is 7.37. The summed E-state index contributed by atoms with van der Waals surface area (Å²) in [5.41, 5.74) is 1.17. The minimum Gasteiger partial charge on any atom is -0.461 e. The number of aromatic amines is 1. The van der Waals surface area contributed by atoms with E-state index >= 15 is 0 Å². The molecule has 3 amide bonds. The lowest BCUT2D eigenvalue weighted by atomic mass is 10.1. The Hall–Kier alpha value is -2.84. The van der Waals surface area contributed by atoms with Gasteiger partial charge in [0, 0.05) is 18.8 Å². The molecule has 2 rings (SSSR count). The van der Waals surface area contributed by atoms with Crippen LogP contribution in [0.3, 0.4) is 0 Å². The number of aromatic nitrogens is 1. The zero-order valence-electron chi connectivity index (χ0n) is 14.6. The molecule has 0 spiro atoms. The summed E-state index contributed by atoms with van der Waals surface area (Å²) >= 11 is 0. The molecule has 1 atom stereocenters. The quantitative estimate of drug-likeness (QED) is 0.761. The molecule has 9 nitrogen and oxygen atoms in total. The lowest BCUT2D eigenvalue weighted by Crippen LogP contribution is -2.41. The van der Waals surface area contributed by atoms with Crippen LogP contribution >= 0.6 is 0 Å². The van der Waals surface area contributed by atoms with Gasteiger partial charge < -0.3 is 19.8 Å². The zero-order valence-corrected chi connectivity index (χ0v) is 14.6. The largest absolute Gasteiger partial charge is 0.461 e. The molecule has 0 saturated carbocycles. The molecule has 2 N–H and O–H groups in total. The van der Waals surface area contributed by atoms with Gasteiger partial charge in [-0.3, -0.25) is 9.69 Å². The molecule has 0 aliphatic carbocycles. The molecule has 1 aromatic rings. The molecule has 1 saturated heterocycles. The van der Waals surface area contributed by atoms with Crippen LogP contribution in [0, 0.1) is 13.8 Å². The van der Waals surface area contributed by atoms with Gasteiger partial charge in [0.2, 0.25) is 0 Å². The lowest BCUT2D eigenvalue weighted by Gasteiger charge is -2.18. The van der Waals surface area contributed by atoms with Crippen LogP contribution in [0.5, 0.6) is 0 Å². The van der Waals surface area contributed by atoms with Gasteiger partial charge in [0.15, 0.2) is 6.10 Å². The van der Waals surface area contributed by atoms with Crippen molar-refractivity contribution in [3.05, 3.63) is 22.5 Å². The number of carbonyl (C=O) groups excluding carboxylic acids is 4. The van der Waals surface area contributed by atoms with E-state index in [1.807, 2.05) is 0 Å². The van der Waals surface area contributed by atoms with Crippen molar-refractivity contribution in [2.75, 3.05) is 19.7 Å². The fourth-order valence-electron chi connectivity index (χ4n) is 2.63. The molecule has 0 bridgehead atoms. The summed E-state index contributed by atoms with van der Waals surface area (Å²) in [4.78, 5) is 51.8. The molecule has 1 aromatic heterocycles. The maximum Gasteiger partial charge on any atom is 0.355 e. The highest BCUT2D eigenvalue weighted by atomic mass is 16.5. The van der Waals surface area contributed by atoms with E-state index in [-0.39, 0.29) is 24.4 Å². The van der Waals surface area contributed by atoms with Crippen molar-refractivity contribution in [2.24, 2.45) is 0 Å². The van der Waals surface area contributed by atoms with Crippen molar-refractivity contribution in [1.82, 2.24) is 15.2 Å². The number of nitrogens with one attached hydrogen (secondary N) is 2. The van der Waals surface area contributed by atoms with E-state index in [1.165, 1.54) is 6.92 Å². The number of urea groups is 1. The highest BCUT2D eigenvalue weighted by Gasteiger charge is 2.33. The average Bonchev–Trinajstić information content (AvgIpc) is 3.09. The third kappa shape index (κ3) is 3.65. The van der Waals surface area contributed by atoms with E-state index < -0.39 is 30.0 Å². The predicted octanol–water partition coefficient (Wildman–Crippen LogP) is 0.905. The summed E-state index contributed by atoms with van der Waals surface area (Å²) in [7, 11) is 0. The molecule has 0 aromatic carbocycles. The molecule has 1 aliphatic rings. The van der Waals surface area contributed by atoms with Crippen LogP contribution in [-0.4, -0.2) is 59.6 Å². The number of imide groups is 1. The van der Waals surface area contributed by atoms with E-state index in [0.29, 0.717) is 17.8 Å². The minimum absolute atomic E-state index is 0.171. The van der Waals surface area contributed by atoms with Gasteiger partial charge in [0.05, 0.1) is 12.2 Å². The fraction of sp³-hybridized carbons (Fsp3) is 0.500. The number of ether oxygens (including phenoxy) is 2. The Kier molecular flexibility index (Phi) is 5.45. The first kappa shape index (κ1) is 18.5. The maximum atomic E-state index is 12.4. The van der Waals surface area contributed by atoms with Crippen molar-refractivity contribution in [2.45, 2.75) is 33.8 Å². The Balaban J connectivity index is 2.14. The van der Waals surface area contributed by atoms with Crippen LogP contribution in [0.4, 0.5) is 4.79 Å². The van der Waals surface area contributed by atoms with Gasteiger partial charge >= 0.3 is 18.0 Å². The second-order valence-corrected chi connectivity index (χ2v) is 5.61. The highest BCUT2D eigenvalue weighted by Crippen LogP contribution is 2.20. The minimum atomic E-state index is -1.13. The van der Waals surface area contributed by atoms with E-state index in [0.717, 1.165) is 4.90 Å². The number of carbonyl (C=O) groups is 4. The zero-order chi connectivity index (χ0) is 18.7. The molecule has 2 heterocycles. The summed E-state index contributed by atoms with van der Waals surface area (Å²) in [5.74, 6) is -1.91. The standard InChI is InChI=1S/C16H21N3O6/c1-5-24-15(22)12-8(2)11(9(3)18-12)14(21)25-10(4)13(20)19-7-6-17-16(19)23/h10,18H,5-7H2,1-4H3,(H,17,23)/t10-/m1/s1. The smallest absolute Gasteiger partial charge is 0.355 e. The van der Waals surface area contributed by atoms with Gasteiger partial charge in [-0.15, -0.1) is 0 Å². The Morgan fingerprint density at radius 1 is 1.24 bits per heavy atom. The van der Waals surface area contributed by atoms with Crippen molar-refractivity contribution in [1.29, 1.82) is 0 Å². The number of nitrogens with zero attached hydrogens (tertiary/aromatic N) is 1. The van der Waals surface area contributed by atoms with Crippen LogP contribution in [0.1, 0.15) is 46.0 Å². The van der Waals surface area contributed by atoms with Gasteiger partial charge in [-0.05, 0) is 33.3 Å². The highest BCUT2D eigenvalue weighted by molar-refractivity contribution is 6.01. The molecule has 25 heavy (non-hydrogen) atoms. The van der Waals surface area contributed by atoms with Gasteiger partial charge in [-0.25, -0.2) is 14.4 Å². The van der Waals surface area contributed by atoms with Crippen molar-refractivity contribution in [3.63, 3.8) is 0 Å². The molecule has 1 aliphatic heterocycles. The number of aryl methyl sites for hydroxylation is 1. The maximum absolute atomic E-state index is 12.4. The molecule has 0 unspecified atom stereocenters. The van der Waals surface area contributed by atoms with E-state index in [1.54, 1.807) is 20.8 Å². The Morgan fingerprint density at radius 3 is 2.48 bits per heavy atom. The summed E-state index contributed by atoms with van der Waals surface area (Å²) in [6.07, 6.45) is -1.13. The summed E-state index contributed by atoms with van der Waals surface area (Å²) < 4.78 is 10.1. The number of rotatable bonds is 5. The SMILES string of the molecule is CCOC(=O)c1[nH]c(C)c(C(=O)O[C@H](C)C(=O)N2CCNC2=O)c1C. The third-order valence-corrected chi connectivity index (χ3v) is 3.88. The third-order valence-electron chi connectivity index (χ3n) is 3.88. The molecular weight excluding hydrogens is 330 g/mol. The molecule has 136 valence electrons. The van der Waals surface area contributed by atoms with E-state index in [4.69, 9.17) is 9.47 Å². The number of hydrogen-bond acceptors (Lipinski definition) is 6. The first-order chi connectivity index (χ1) is 11.8. The number of amides is 3. The monoisotopic (exact) mass is 351 g/mol. The summed E-state index contributed by atoms with van der Waals surface area (Å²) in [5, 5.41) is 2.51. The van der Waals surface area contributed by atoms with Gasteiger partial charge in [-0.2, -0.15) is 0 Å². The Morgan fingerprint density at radius 2 is 1.92 bits per heavy atom. The molecule has 9 heteroatoms. The summed E-state index contributed by atoms with van der Waals surface area (Å²) in [6.45, 7) is 7.09. The topological polar surface area (TPSA) is 118 Å². The van der Waals surface area contributed by atoms with Crippen molar-refractivity contribution < 1.29 is 28.7 Å². The molecule has 1 fully saturated rings. The Labute approximate surface area is 144 Å². The second-order valence-electron chi connectivity index (χ2n) is 5.61. The Bertz CT molecular complexity index is 724. The lowest BCUT2D eigenvalue weighted by molar-refractivity contribution is -0.136. The van der Waals surface area contributed by atoms with Crippen LogP contribution in [0.15, 0.2) is 0 Å². The van der Waals surface area contributed by atoms with Crippen LogP contribution in [-0.2, 0) is 14.3 Å². The van der Waals surface area contributed by atoms with Gasteiger partial charge in [0.25, 0.3) is 5.91 Å². The van der Waals surface area contributed by atoms with Gasteiger partial charge in [0.1, 0.15) is 5.69 Å². The van der Waals surface area contributed by atoms with E-state index in [9.17, 15) is 19.2 Å². The molecular formula is C16H21N3O6. The normalized spacial score (nSPS) is 14.9. The van der Waals surface area contributed by atoms with Crippen molar-refractivity contribution >= 4 is 23.9 Å². The van der Waals surface area contributed by atoms with Crippen molar-refractivity contribution in [3.8, 4) is 0 Å². The van der Waals surface area contributed by atoms with E-state index in [2.05, 4.69) is 10.3 Å². The molecule has 0 radical (unpaired) electrons. The fourth-order valence-corrected chi connectivity index (χ4v) is 2.63. The predicted molar refractivity (Wildman–Crippen MR) is 86.2 cm³/mol. The van der Waals surface area contributed by atoms with Crippen LogP contribution in [0.25, 0.3) is 0 Å². The summed E-state index contributed by atoms with van der Waals surface area (Å²) in [6, 6.07) is -0.508. The van der Waals surface area contributed by atoms with Crippen LogP contribution in [0.2, 0.25) is 0 Å². The number of hydrogen-bond donors (Lipinski definition) is 2. The van der Waals surface area contributed by atoms with Gasteiger partial charge in [-0.1, -0.05) is 0 Å². The number of esters is 2.